The zero-order chi connectivity index (χ0) is 9.64. The molecule has 0 bridgehead atoms. The zero-order valence-corrected chi connectivity index (χ0v) is 8.09. The molecule has 0 atom stereocenters. The van der Waals surface area contributed by atoms with Crippen LogP contribution in [0.15, 0.2) is 12.1 Å². The van der Waals surface area contributed by atoms with Gasteiger partial charge >= 0.3 is 0 Å². The van der Waals surface area contributed by atoms with Gasteiger partial charge in [-0.15, -0.1) is 0 Å². The average molecular weight is 177 g/mol. The lowest BCUT2D eigenvalue weighted by Gasteiger charge is -2.14. The molecule has 2 heteroatoms. The van der Waals surface area contributed by atoms with Crippen molar-refractivity contribution in [2.24, 2.45) is 5.73 Å². The van der Waals surface area contributed by atoms with E-state index in [0.29, 0.717) is 5.75 Å². The SMILES string of the molecule is Cc1ccc(C2(N)CC2)c(C)c1O. The molecule has 70 valence electrons. The summed E-state index contributed by atoms with van der Waals surface area (Å²) >= 11 is 0. The number of aromatic hydroxyl groups is 1. The molecular weight excluding hydrogens is 162 g/mol. The van der Waals surface area contributed by atoms with Gasteiger partial charge in [0.05, 0.1) is 0 Å². The van der Waals surface area contributed by atoms with Gasteiger partial charge in [-0.1, -0.05) is 12.1 Å². The molecule has 3 N–H and O–H groups in total. The number of hydrogen-bond acceptors (Lipinski definition) is 2. The molecule has 0 saturated heterocycles. The maximum absolute atomic E-state index is 9.72. The van der Waals surface area contributed by atoms with Crippen molar-refractivity contribution in [2.75, 3.05) is 0 Å². The van der Waals surface area contributed by atoms with E-state index in [1.54, 1.807) is 0 Å². The minimum absolute atomic E-state index is 0.144. The molecule has 0 amide bonds. The number of benzene rings is 1. The van der Waals surface area contributed by atoms with Crippen molar-refractivity contribution in [3.63, 3.8) is 0 Å². The van der Waals surface area contributed by atoms with Gasteiger partial charge in [0.15, 0.2) is 0 Å². The van der Waals surface area contributed by atoms with Gasteiger partial charge in [-0.3, -0.25) is 0 Å². The normalized spacial score (nSPS) is 18.7. The second kappa shape index (κ2) is 2.48. The van der Waals surface area contributed by atoms with Crippen LogP contribution in [0.5, 0.6) is 5.75 Å². The van der Waals surface area contributed by atoms with Gasteiger partial charge in [-0.05, 0) is 43.4 Å². The first-order chi connectivity index (χ1) is 6.04. The second-order valence-electron chi connectivity index (χ2n) is 4.06. The Kier molecular flexibility index (Phi) is 1.64. The van der Waals surface area contributed by atoms with Gasteiger partial charge in [0.1, 0.15) is 5.75 Å². The van der Waals surface area contributed by atoms with Gasteiger partial charge in [0, 0.05) is 5.54 Å². The molecule has 0 radical (unpaired) electrons. The second-order valence-corrected chi connectivity index (χ2v) is 4.06. The molecule has 1 saturated carbocycles. The molecule has 0 aliphatic heterocycles. The predicted molar refractivity (Wildman–Crippen MR) is 52.7 cm³/mol. The molecule has 1 aliphatic carbocycles. The lowest BCUT2D eigenvalue weighted by Crippen LogP contribution is -2.20. The Bertz CT molecular complexity index is 353. The van der Waals surface area contributed by atoms with Crippen LogP contribution in [0, 0.1) is 13.8 Å². The van der Waals surface area contributed by atoms with E-state index < -0.39 is 0 Å². The number of phenols is 1. The van der Waals surface area contributed by atoms with Crippen LogP contribution in [0.1, 0.15) is 29.5 Å². The molecule has 0 spiro atoms. The molecule has 1 aliphatic rings. The lowest BCUT2D eigenvalue weighted by atomic mass is 9.97. The van der Waals surface area contributed by atoms with Gasteiger partial charge in [-0.25, -0.2) is 0 Å². The highest BCUT2D eigenvalue weighted by atomic mass is 16.3. The summed E-state index contributed by atoms with van der Waals surface area (Å²) in [6.45, 7) is 3.84. The van der Waals surface area contributed by atoms with Crippen LogP contribution in [-0.2, 0) is 5.54 Å². The van der Waals surface area contributed by atoms with Crippen LogP contribution in [0.25, 0.3) is 0 Å². The number of nitrogens with two attached hydrogens (primary N) is 1. The van der Waals surface area contributed by atoms with Crippen LogP contribution in [0.2, 0.25) is 0 Å². The third-order valence-electron chi connectivity index (χ3n) is 2.96. The minimum atomic E-state index is -0.144. The van der Waals surface area contributed by atoms with E-state index in [9.17, 15) is 5.11 Å². The van der Waals surface area contributed by atoms with Crippen molar-refractivity contribution >= 4 is 0 Å². The first-order valence-corrected chi connectivity index (χ1v) is 4.63. The molecule has 13 heavy (non-hydrogen) atoms. The molecule has 2 nitrogen and oxygen atoms in total. The quantitative estimate of drug-likeness (QED) is 0.688. The Morgan fingerprint density at radius 2 is 1.92 bits per heavy atom. The molecule has 1 aromatic rings. The summed E-state index contributed by atoms with van der Waals surface area (Å²) in [5.74, 6) is 0.397. The van der Waals surface area contributed by atoms with E-state index in [1.165, 1.54) is 0 Å². The van der Waals surface area contributed by atoms with Gasteiger partial charge < -0.3 is 10.8 Å². The lowest BCUT2D eigenvalue weighted by molar-refractivity contribution is 0.464. The zero-order valence-electron chi connectivity index (χ0n) is 8.09. The Morgan fingerprint density at radius 1 is 1.31 bits per heavy atom. The van der Waals surface area contributed by atoms with Crippen LogP contribution >= 0.6 is 0 Å². The summed E-state index contributed by atoms with van der Waals surface area (Å²) in [6, 6.07) is 3.97. The summed E-state index contributed by atoms with van der Waals surface area (Å²) in [5.41, 5.74) is 8.91. The largest absolute Gasteiger partial charge is 0.507 e. The standard InChI is InChI=1S/C11H15NO/c1-7-3-4-9(8(2)10(7)13)11(12)5-6-11/h3-4,13H,5-6,12H2,1-2H3. The van der Waals surface area contributed by atoms with Crippen LogP contribution in [0.4, 0.5) is 0 Å². The van der Waals surface area contributed by atoms with E-state index in [1.807, 2.05) is 26.0 Å². The van der Waals surface area contributed by atoms with Crippen molar-refractivity contribution in [3.05, 3.63) is 28.8 Å². The highest BCUT2D eigenvalue weighted by Crippen LogP contribution is 2.45. The number of aryl methyl sites for hydroxylation is 1. The Morgan fingerprint density at radius 3 is 2.46 bits per heavy atom. The molecule has 0 heterocycles. The van der Waals surface area contributed by atoms with Gasteiger partial charge in [0.25, 0.3) is 0 Å². The summed E-state index contributed by atoms with van der Waals surface area (Å²) in [6.07, 6.45) is 2.08. The van der Waals surface area contributed by atoms with Crippen molar-refractivity contribution in [1.82, 2.24) is 0 Å². The summed E-state index contributed by atoms with van der Waals surface area (Å²) in [7, 11) is 0. The fourth-order valence-corrected chi connectivity index (χ4v) is 1.78. The molecule has 0 aromatic heterocycles. The van der Waals surface area contributed by atoms with Crippen molar-refractivity contribution in [2.45, 2.75) is 32.2 Å². The first kappa shape index (κ1) is 8.57. The Labute approximate surface area is 78.4 Å². The topological polar surface area (TPSA) is 46.2 Å². The monoisotopic (exact) mass is 177 g/mol. The van der Waals surface area contributed by atoms with Crippen molar-refractivity contribution < 1.29 is 5.11 Å². The van der Waals surface area contributed by atoms with E-state index in [4.69, 9.17) is 5.73 Å². The molecular formula is C11H15NO. The van der Waals surface area contributed by atoms with E-state index in [0.717, 1.165) is 29.5 Å². The first-order valence-electron chi connectivity index (χ1n) is 4.63. The van der Waals surface area contributed by atoms with Crippen LogP contribution < -0.4 is 5.73 Å². The number of rotatable bonds is 1. The maximum Gasteiger partial charge on any atom is 0.121 e. The smallest absolute Gasteiger partial charge is 0.121 e. The Balaban J connectivity index is 2.54. The highest BCUT2D eigenvalue weighted by Gasteiger charge is 2.41. The third-order valence-corrected chi connectivity index (χ3v) is 2.96. The summed E-state index contributed by atoms with van der Waals surface area (Å²) < 4.78 is 0. The van der Waals surface area contributed by atoms with Gasteiger partial charge in [-0.2, -0.15) is 0 Å². The maximum atomic E-state index is 9.72. The number of phenolic OH excluding ortho intramolecular Hbond substituents is 1. The minimum Gasteiger partial charge on any atom is -0.507 e. The average Bonchev–Trinajstić information content (AvgIpc) is 2.80. The van der Waals surface area contributed by atoms with Crippen LogP contribution in [0.3, 0.4) is 0 Å². The molecule has 2 rings (SSSR count). The summed E-state index contributed by atoms with van der Waals surface area (Å²) in [5, 5.41) is 9.72. The Hall–Kier alpha value is -1.02. The fourth-order valence-electron chi connectivity index (χ4n) is 1.78. The molecule has 1 aromatic carbocycles. The summed E-state index contributed by atoms with van der Waals surface area (Å²) in [4.78, 5) is 0. The molecule has 0 unspecified atom stereocenters. The number of hydrogen-bond donors (Lipinski definition) is 2. The van der Waals surface area contributed by atoms with Gasteiger partial charge in [0.2, 0.25) is 0 Å². The predicted octanol–water partition coefficient (Wildman–Crippen LogP) is 1.96. The van der Waals surface area contributed by atoms with E-state index >= 15 is 0 Å². The van der Waals surface area contributed by atoms with Crippen LogP contribution in [-0.4, -0.2) is 5.11 Å². The van der Waals surface area contributed by atoms with Crippen molar-refractivity contribution in [1.29, 1.82) is 0 Å². The van der Waals surface area contributed by atoms with Crippen molar-refractivity contribution in [3.8, 4) is 5.75 Å². The molecule has 1 fully saturated rings. The highest BCUT2D eigenvalue weighted by molar-refractivity contribution is 5.48. The third kappa shape index (κ3) is 1.22. The van der Waals surface area contributed by atoms with E-state index in [-0.39, 0.29) is 5.54 Å². The van der Waals surface area contributed by atoms with E-state index in [2.05, 4.69) is 0 Å². The fraction of sp³-hybridized carbons (Fsp3) is 0.455.